The maximum Gasteiger partial charge on any atom is 0.335 e. The second-order valence-electron chi connectivity index (χ2n) is 7.13. The summed E-state index contributed by atoms with van der Waals surface area (Å²) in [6.45, 7) is 6.67. The van der Waals surface area contributed by atoms with Gasteiger partial charge < -0.3 is 18.6 Å². The van der Waals surface area contributed by atoms with Crippen LogP contribution < -0.4 is 10.2 Å². The lowest BCUT2D eigenvalue weighted by molar-refractivity contribution is -0.156. The Morgan fingerprint density at radius 1 is 1.03 bits per heavy atom. The van der Waals surface area contributed by atoms with Gasteiger partial charge >= 0.3 is 5.97 Å². The number of ether oxygens (including phenoxy) is 3. The van der Waals surface area contributed by atoms with Crippen molar-refractivity contribution in [2.45, 2.75) is 33.3 Å². The summed E-state index contributed by atoms with van der Waals surface area (Å²) in [5.74, 6) is 0.566. The topological polar surface area (TPSA) is 92.0 Å². The van der Waals surface area contributed by atoms with Crippen LogP contribution in [0.15, 0.2) is 71.5 Å². The van der Waals surface area contributed by atoms with E-state index >= 15 is 0 Å². The minimum atomic E-state index is -0.637. The third kappa shape index (κ3) is 7.19. The van der Waals surface area contributed by atoms with Gasteiger partial charge in [-0.1, -0.05) is 42.5 Å². The second kappa shape index (κ2) is 13.2. The van der Waals surface area contributed by atoms with E-state index in [0.29, 0.717) is 49.3 Å². The summed E-state index contributed by atoms with van der Waals surface area (Å²) in [5, 5.41) is 0. The van der Waals surface area contributed by atoms with Crippen LogP contribution in [0.3, 0.4) is 0 Å². The molecule has 0 aliphatic rings. The van der Waals surface area contributed by atoms with Crippen molar-refractivity contribution in [1.29, 1.82) is 0 Å². The van der Waals surface area contributed by atoms with E-state index in [2.05, 4.69) is 10.5 Å². The summed E-state index contributed by atoms with van der Waals surface area (Å²) in [7, 11) is 0. The van der Waals surface area contributed by atoms with Crippen molar-refractivity contribution in [1.82, 2.24) is 10.5 Å². The Morgan fingerprint density at radius 2 is 1.79 bits per heavy atom. The fourth-order valence-electron chi connectivity index (χ4n) is 3.10. The molecule has 3 aromatic rings. The maximum atomic E-state index is 12.1. The Balaban J connectivity index is 1.69. The van der Waals surface area contributed by atoms with Gasteiger partial charge in [-0.05, 0) is 38.5 Å². The van der Waals surface area contributed by atoms with Crippen molar-refractivity contribution in [3.05, 3.63) is 78.6 Å². The van der Waals surface area contributed by atoms with Gasteiger partial charge in [0.15, 0.2) is 11.8 Å². The summed E-state index contributed by atoms with van der Waals surface area (Å²) in [5.41, 5.74) is 5.82. The number of hydrogen-bond acceptors (Lipinski definition) is 8. The van der Waals surface area contributed by atoms with Crippen LogP contribution in [-0.2, 0) is 25.5 Å². The molecule has 0 fully saturated rings. The van der Waals surface area contributed by atoms with E-state index in [9.17, 15) is 4.79 Å². The summed E-state index contributed by atoms with van der Waals surface area (Å²) >= 11 is 0. The fourth-order valence-corrected chi connectivity index (χ4v) is 3.10. The number of hydrogen-bond donors (Lipinski definition) is 1. The SMILES string of the molecule is CCONC(=COc1ccc(CC(OCC)C(=O)OCC)cc1)c1nc(-c2ccccc2)co1. The van der Waals surface area contributed by atoms with Gasteiger partial charge in [-0.15, -0.1) is 0 Å². The van der Waals surface area contributed by atoms with Crippen molar-refractivity contribution in [3.63, 3.8) is 0 Å². The monoisotopic (exact) mass is 466 g/mol. The first-order chi connectivity index (χ1) is 16.6. The smallest absolute Gasteiger partial charge is 0.335 e. The molecule has 0 radical (unpaired) electrons. The van der Waals surface area contributed by atoms with E-state index in [4.69, 9.17) is 23.5 Å². The molecule has 180 valence electrons. The lowest BCUT2D eigenvalue weighted by Crippen LogP contribution is -2.28. The zero-order valence-electron chi connectivity index (χ0n) is 19.7. The number of carbonyl (C=O) groups excluding carboxylic acids is 1. The van der Waals surface area contributed by atoms with E-state index in [1.54, 1.807) is 13.2 Å². The van der Waals surface area contributed by atoms with Crippen molar-refractivity contribution in [2.24, 2.45) is 0 Å². The molecule has 1 heterocycles. The lowest BCUT2D eigenvalue weighted by Gasteiger charge is -2.15. The highest BCUT2D eigenvalue weighted by Gasteiger charge is 2.20. The third-order valence-corrected chi connectivity index (χ3v) is 4.71. The van der Waals surface area contributed by atoms with E-state index in [1.807, 2.05) is 68.4 Å². The molecule has 8 nitrogen and oxygen atoms in total. The third-order valence-electron chi connectivity index (χ3n) is 4.71. The van der Waals surface area contributed by atoms with Crippen LogP contribution in [0.1, 0.15) is 32.2 Å². The van der Waals surface area contributed by atoms with Crippen molar-refractivity contribution in [2.75, 3.05) is 19.8 Å². The van der Waals surface area contributed by atoms with Crippen molar-refractivity contribution >= 4 is 11.7 Å². The van der Waals surface area contributed by atoms with Gasteiger partial charge in [-0.25, -0.2) is 9.78 Å². The standard InChI is InChI=1S/C26H30N2O6/c1-4-30-24(26(29)31-5-2)16-19-12-14-21(15-13-19)32-18-23(28-34-6-3)25-27-22(17-33-25)20-10-8-7-9-11-20/h7-15,17-18,24,28H,4-6,16H2,1-3H3. The van der Waals surface area contributed by atoms with Gasteiger partial charge in [0.2, 0.25) is 5.89 Å². The number of aromatic nitrogens is 1. The molecule has 0 aliphatic heterocycles. The Bertz CT molecular complexity index is 1050. The maximum absolute atomic E-state index is 12.1. The Kier molecular flexibility index (Phi) is 9.69. The molecule has 0 saturated carbocycles. The number of carbonyl (C=O) groups is 1. The Hall–Kier alpha value is -3.62. The highest BCUT2D eigenvalue weighted by molar-refractivity contribution is 5.75. The predicted molar refractivity (Wildman–Crippen MR) is 127 cm³/mol. The molecular formula is C26H30N2O6. The van der Waals surface area contributed by atoms with Crippen LogP contribution in [0.2, 0.25) is 0 Å². The summed E-state index contributed by atoms with van der Waals surface area (Å²) in [6.07, 6.45) is 2.84. The number of benzene rings is 2. The Labute approximate surface area is 199 Å². The number of oxazole rings is 1. The van der Waals surface area contributed by atoms with Crippen LogP contribution in [0, 0.1) is 0 Å². The normalized spacial score (nSPS) is 12.3. The number of nitrogens with one attached hydrogen (secondary N) is 1. The molecule has 0 bridgehead atoms. The number of nitrogens with zero attached hydrogens (tertiary/aromatic N) is 1. The van der Waals surface area contributed by atoms with Crippen LogP contribution in [0.5, 0.6) is 5.75 Å². The van der Waals surface area contributed by atoms with E-state index in [0.717, 1.165) is 11.1 Å². The molecule has 1 aromatic heterocycles. The molecule has 0 amide bonds. The molecular weight excluding hydrogens is 436 g/mol. The highest BCUT2D eigenvalue weighted by atomic mass is 16.6. The van der Waals surface area contributed by atoms with E-state index < -0.39 is 6.10 Å². The second-order valence-corrected chi connectivity index (χ2v) is 7.13. The number of esters is 1. The molecule has 1 N–H and O–H groups in total. The van der Waals surface area contributed by atoms with Gasteiger partial charge in [0.25, 0.3) is 0 Å². The van der Waals surface area contributed by atoms with Crippen LogP contribution in [-0.4, -0.2) is 36.9 Å². The average Bonchev–Trinajstić information content (AvgIpc) is 3.35. The zero-order valence-corrected chi connectivity index (χ0v) is 19.7. The molecule has 0 saturated heterocycles. The lowest BCUT2D eigenvalue weighted by atomic mass is 10.1. The van der Waals surface area contributed by atoms with Gasteiger partial charge in [-0.3, -0.25) is 10.3 Å². The molecule has 0 spiro atoms. The van der Waals surface area contributed by atoms with Crippen molar-refractivity contribution < 1.29 is 28.3 Å². The molecule has 8 heteroatoms. The molecule has 34 heavy (non-hydrogen) atoms. The first-order valence-electron chi connectivity index (χ1n) is 11.3. The predicted octanol–water partition coefficient (Wildman–Crippen LogP) is 4.77. The van der Waals surface area contributed by atoms with E-state index in [1.165, 1.54) is 6.26 Å². The quantitative estimate of drug-likeness (QED) is 0.219. The van der Waals surface area contributed by atoms with Gasteiger partial charge in [-0.2, -0.15) is 0 Å². The molecule has 1 atom stereocenters. The van der Waals surface area contributed by atoms with Gasteiger partial charge in [0, 0.05) is 18.6 Å². The Morgan fingerprint density at radius 3 is 2.47 bits per heavy atom. The van der Waals surface area contributed by atoms with Crippen LogP contribution in [0.25, 0.3) is 17.0 Å². The number of hydroxylamine groups is 1. The van der Waals surface area contributed by atoms with Crippen molar-refractivity contribution in [3.8, 4) is 17.0 Å². The van der Waals surface area contributed by atoms with Gasteiger partial charge in [0.1, 0.15) is 24.0 Å². The molecule has 2 aromatic carbocycles. The number of rotatable bonds is 13. The molecule has 0 aliphatic carbocycles. The zero-order chi connectivity index (χ0) is 24.2. The van der Waals surface area contributed by atoms with Gasteiger partial charge in [0.05, 0.1) is 13.2 Å². The van der Waals surface area contributed by atoms with Crippen LogP contribution in [0.4, 0.5) is 0 Å². The van der Waals surface area contributed by atoms with Crippen LogP contribution >= 0.6 is 0 Å². The first kappa shape index (κ1) is 25.0. The van der Waals surface area contributed by atoms with E-state index in [-0.39, 0.29) is 5.97 Å². The summed E-state index contributed by atoms with van der Waals surface area (Å²) in [6, 6.07) is 17.1. The molecule has 1 unspecified atom stereocenters. The highest BCUT2D eigenvalue weighted by Crippen LogP contribution is 2.22. The minimum Gasteiger partial charge on any atom is -0.464 e. The fraction of sp³-hybridized carbons (Fsp3) is 0.308. The largest absolute Gasteiger partial charge is 0.464 e. The first-order valence-corrected chi connectivity index (χ1v) is 11.3. The minimum absolute atomic E-state index is 0.316. The molecule has 3 rings (SSSR count). The summed E-state index contributed by atoms with van der Waals surface area (Å²) in [4.78, 5) is 21.9. The summed E-state index contributed by atoms with van der Waals surface area (Å²) < 4.78 is 22.1. The average molecular weight is 467 g/mol.